The molecule has 1 aliphatic heterocycles. The Morgan fingerprint density at radius 1 is 1.33 bits per heavy atom. The quantitative estimate of drug-likeness (QED) is 0.238. The number of hydrogen-bond acceptors (Lipinski definition) is 10. The van der Waals surface area contributed by atoms with E-state index in [1.807, 2.05) is 36.2 Å². The molecule has 0 spiro atoms. The smallest absolute Gasteiger partial charge is 0.181 e. The van der Waals surface area contributed by atoms with Crippen molar-refractivity contribution in [3.8, 4) is 5.75 Å². The zero-order chi connectivity index (χ0) is 29.5. The van der Waals surface area contributed by atoms with Crippen molar-refractivity contribution in [3.63, 3.8) is 0 Å². The maximum Gasteiger partial charge on any atom is 0.181 e. The number of oxazole rings is 1. The normalized spacial score (nSPS) is 16.0. The van der Waals surface area contributed by atoms with E-state index in [-0.39, 0.29) is 18.8 Å². The third-order valence-corrected chi connectivity index (χ3v) is 8.43. The number of aliphatic hydroxyl groups is 1. The Balaban J connectivity index is 1.14. The number of aromatic nitrogens is 2. The molecule has 2 N–H and O–H groups in total. The molecule has 226 valence electrons. The summed E-state index contributed by atoms with van der Waals surface area (Å²) in [6.45, 7) is 3.44. The SMILES string of the molecule is COCCN(C)c1cc(C(=O)CC[C@H](O)CN2CCc3c(ccc(OCc4cnco4)c3Cl)C2)cc(NC2CCC2)n1. The first-order valence-electron chi connectivity index (χ1n) is 14.6. The first kappa shape index (κ1) is 30.3. The van der Waals surface area contributed by atoms with Gasteiger partial charge in [-0.15, -0.1) is 0 Å². The van der Waals surface area contributed by atoms with Crippen molar-refractivity contribution in [1.82, 2.24) is 14.9 Å². The Hall–Kier alpha value is -3.18. The molecular formula is C31H40ClN5O5. The number of carbonyl (C=O) groups is 1. The lowest BCUT2D eigenvalue weighted by Crippen LogP contribution is -2.37. The molecule has 3 heterocycles. The molecule has 1 aliphatic carbocycles. The third-order valence-electron chi connectivity index (χ3n) is 8.02. The van der Waals surface area contributed by atoms with Gasteiger partial charge in [-0.05, 0) is 61.4 Å². The molecule has 11 heteroatoms. The van der Waals surface area contributed by atoms with E-state index in [9.17, 15) is 9.90 Å². The Bertz CT molecular complexity index is 1330. The number of carbonyl (C=O) groups excluding carboxylic acids is 1. The van der Waals surface area contributed by atoms with Gasteiger partial charge in [0.15, 0.2) is 17.9 Å². The summed E-state index contributed by atoms with van der Waals surface area (Å²) < 4.78 is 16.3. The molecule has 2 aromatic heterocycles. The van der Waals surface area contributed by atoms with Crippen molar-refractivity contribution in [2.24, 2.45) is 0 Å². The second kappa shape index (κ2) is 14.3. The van der Waals surface area contributed by atoms with Gasteiger partial charge < -0.3 is 29.2 Å². The Labute approximate surface area is 252 Å². The molecule has 0 unspecified atom stereocenters. The predicted octanol–water partition coefficient (Wildman–Crippen LogP) is 4.73. The highest BCUT2D eigenvalue weighted by Crippen LogP contribution is 2.34. The summed E-state index contributed by atoms with van der Waals surface area (Å²) in [6.07, 6.45) is 7.22. The lowest BCUT2D eigenvalue weighted by Gasteiger charge is -2.31. The zero-order valence-electron chi connectivity index (χ0n) is 24.4. The van der Waals surface area contributed by atoms with E-state index in [0.717, 1.165) is 48.6 Å². The average Bonchev–Trinajstić information content (AvgIpc) is 3.50. The van der Waals surface area contributed by atoms with Crippen LogP contribution < -0.4 is 15.0 Å². The van der Waals surface area contributed by atoms with E-state index < -0.39 is 6.10 Å². The molecule has 1 saturated carbocycles. The largest absolute Gasteiger partial charge is 0.484 e. The van der Waals surface area contributed by atoms with E-state index in [0.29, 0.717) is 60.8 Å². The van der Waals surface area contributed by atoms with Gasteiger partial charge in [-0.2, -0.15) is 0 Å². The van der Waals surface area contributed by atoms with Crippen LogP contribution in [0.15, 0.2) is 41.3 Å². The first-order chi connectivity index (χ1) is 20.4. The van der Waals surface area contributed by atoms with E-state index in [4.69, 9.17) is 30.5 Å². The number of nitrogens with one attached hydrogen (secondary N) is 1. The number of rotatable bonds is 15. The van der Waals surface area contributed by atoms with Gasteiger partial charge in [0.1, 0.15) is 24.0 Å². The van der Waals surface area contributed by atoms with Gasteiger partial charge in [0.2, 0.25) is 0 Å². The summed E-state index contributed by atoms with van der Waals surface area (Å²) in [6, 6.07) is 7.99. The summed E-state index contributed by atoms with van der Waals surface area (Å²) >= 11 is 6.67. The van der Waals surface area contributed by atoms with Gasteiger partial charge in [0.25, 0.3) is 0 Å². The summed E-state index contributed by atoms with van der Waals surface area (Å²) in [5.41, 5.74) is 2.80. The van der Waals surface area contributed by atoms with Crippen molar-refractivity contribution in [3.05, 3.63) is 64.3 Å². The van der Waals surface area contributed by atoms with Crippen LogP contribution in [0.3, 0.4) is 0 Å². The monoisotopic (exact) mass is 597 g/mol. The molecular weight excluding hydrogens is 558 g/mol. The van der Waals surface area contributed by atoms with Gasteiger partial charge >= 0.3 is 0 Å². The number of Topliss-reactive ketones (excluding diaryl/α,β-unsaturated/α-hetero) is 1. The number of nitrogens with zero attached hydrogens (tertiary/aromatic N) is 4. The number of pyridine rings is 1. The Morgan fingerprint density at radius 3 is 2.93 bits per heavy atom. The fourth-order valence-corrected chi connectivity index (χ4v) is 5.59. The van der Waals surface area contributed by atoms with Crippen LogP contribution in [0.5, 0.6) is 5.75 Å². The van der Waals surface area contributed by atoms with Crippen LogP contribution in [0.1, 0.15) is 59.3 Å². The van der Waals surface area contributed by atoms with Gasteiger partial charge in [0, 0.05) is 58.4 Å². The van der Waals surface area contributed by atoms with Crippen LogP contribution in [0.4, 0.5) is 11.6 Å². The number of anilines is 2. The summed E-state index contributed by atoms with van der Waals surface area (Å²) in [5, 5.41) is 14.9. The fraction of sp³-hybridized carbons (Fsp3) is 0.516. The summed E-state index contributed by atoms with van der Waals surface area (Å²) in [5.74, 6) is 2.71. The minimum absolute atomic E-state index is 0.00290. The van der Waals surface area contributed by atoms with Gasteiger partial charge in [-0.1, -0.05) is 17.7 Å². The van der Waals surface area contributed by atoms with Gasteiger partial charge in [-0.25, -0.2) is 9.97 Å². The molecule has 3 aromatic rings. The van der Waals surface area contributed by atoms with Crippen LogP contribution >= 0.6 is 11.6 Å². The lowest BCUT2D eigenvalue weighted by atomic mass is 9.93. The minimum atomic E-state index is -0.617. The van der Waals surface area contributed by atoms with Crippen LogP contribution in [-0.4, -0.2) is 78.3 Å². The summed E-state index contributed by atoms with van der Waals surface area (Å²) in [7, 11) is 3.62. The number of aliphatic hydroxyl groups excluding tert-OH is 1. The van der Waals surface area contributed by atoms with Crippen molar-refractivity contribution in [1.29, 1.82) is 0 Å². The lowest BCUT2D eigenvalue weighted by molar-refractivity contribution is 0.0836. The standard InChI is InChI=1S/C31H40ClN5O5/c1-36(12-13-40-2)30-15-22(14-29(35-30)34-23-4-3-5-23)27(39)8-7-24(38)18-37-11-10-26-21(17-37)6-9-28(31(26)32)41-19-25-16-33-20-42-25/h6,9,14-16,20,23-24,38H,3-5,7-8,10-13,17-19H2,1-2H3,(H,34,35)/t24-/m0/s1. The average molecular weight is 598 g/mol. The molecule has 0 saturated heterocycles. The molecule has 1 aromatic carbocycles. The number of fused-ring (bicyclic) bond motifs is 1. The molecule has 0 radical (unpaired) electrons. The molecule has 2 aliphatic rings. The number of likely N-dealkylation sites (N-methyl/N-ethyl adjacent to an activating group) is 1. The number of benzene rings is 1. The third kappa shape index (κ3) is 7.80. The van der Waals surface area contributed by atoms with E-state index in [1.165, 1.54) is 12.8 Å². The molecule has 1 fully saturated rings. The zero-order valence-corrected chi connectivity index (χ0v) is 25.1. The first-order valence-corrected chi connectivity index (χ1v) is 15.0. The number of ether oxygens (including phenoxy) is 2. The number of methoxy groups -OCH3 is 1. The van der Waals surface area contributed by atoms with Crippen molar-refractivity contribution < 1.29 is 23.8 Å². The number of halogens is 1. The molecule has 0 bridgehead atoms. The maximum absolute atomic E-state index is 13.3. The van der Waals surface area contributed by atoms with Crippen LogP contribution in [0.2, 0.25) is 5.02 Å². The van der Waals surface area contributed by atoms with E-state index in [2.05, 4.69) is 15.2 Å². The topological polar surface area (TPSA) is 113 Å². The van der Waals surface area contributed by atoms with Crippen molar-refractivity contribution in [2.75, 3.05) is 50.6 Å². The Morgan fingerprint density at radius 2 is 2.19 bits per heavy atom. The second-order valence-corrected chi connectivity index (χ2v) is 11.5. The molecule has 5 rings (SSSR count). The molecule has 0 amide bonds. The van der Waals surface area contributed by atoms with Gasteiger partial charge in [-0.3, -0.25) is 9.69 Å². The van der Waals surface area contributed by atoms with Crippen LogP contribution in [0.25, 0.3) is 0 Å². The summed E-state index contributed by atoms with van der Waals surface area (Å²) in [4.78, 5) is 26.1. The van der Waals surface area contributed by atoms with E-state index >= 15 is 0 Å². The molecule has 1 atom stereocenters. The highest BCUT2D eigenvalue weighted by Gasteiger charge is 2.24. The second-order valence-electron chi connectivity index (χ2n) is 11.2. The van der Waals surface area contributed by atoms with Crippen molar-refractivity contribution in [2.45, 2.75) is 63.8 Å². The number of hydrogen-bond donors (Lipinski definition) is 2. The number of ketones is 1. The van der Waals surface area contributed by atoms with E-state index in [1.54, 1.807) is 13.3 Å². The fourth-order valence-electron chi connectivity index (χ4n) is 5.26. The van der Waals surface area contributed by atoms with Crippen LogP contribution in [-0.2, 0) is 24.3 Å². The van der Waals surface area contributed by atoms with Crippen LogP contribution in [0, 0.1) is 0 Å². The van der Waals surface area contributed by atoms with Gasteiger partial charge in [0.05, 0.1) is 23.9 Å². The molecule has 42 heavy (non-hydrogen) atoms. The molecule has 10 nitrogen and oxygen atoms in total. The van der Waals surface area contributed by atoms with Crippen molar-refractivity contribution >= 4 is 29.0 Å². The minimum Gasteiger partial charge on any atom is -0.484 e. The highest BCUT2D eigenvalue weighted by atomic mass is 35.5. The maximum atomic E-state index is 13.3. The highest BCUT2D eigenvalue weighted by molar-refractivity contribution is 6.33. The predicted molar refractivity (Wildman–Crippen MR) is 161 cm³/mol. The Kier molecular flexibility index (Phi) is 10.3. The number of β-amino-alcohol motifs (C(OH)–C–C–N with tert-alkyl or cyclic N) is 1.